The van der Waals surface area contributed by atoms with Gasteiger partial charge in [-0.15, -0.1) is 0 Å². The molecule has 5 heteroatoms. The normalized spacial score (nSPS) is 15.0. The van der Waals surface area contributed by atoms with Crippen molar-refractivity contribution in [2.75, 3.05) is 41.5 Å². The monoisotopic (exact) mass is 413 g/mol. The molecule has 0 saturated carbocycles. The Morgan fingerprint density at radius 2 is 1.57 bits per heavy atom. The van der Waals surface area contributed by atoms with Gasteiger partial charge in [-0.1, -0.05) is 12.1 Å². The van der Waals surface area contributed by atoms with E-state index in [0.717, 1.165) is 55.4 Å². The highest BCUT2D eigenvalue weighted by Gasteiger charge is 2.26. The molecule has 0 aromatic heterocycles. The number of hydrogen-bond donors (Lipinski definition) is 1. The second-order valence-electron chi connectivity index (χ2n) is 7.79. The molecule has 0 radical (unpaired) electrons. The maximum absolute atomic E-state index is 5.61. The van der Waals surface area contributed by atoms with Crippen LogP contribution in [0.1, 0.15) is 48.3 Å². The molecule has 0 spiro atoms. The van der Waals surface area contributed by atoms with Crippen molar-refractivity contribution >= 4 is 0 Å². The van der Waals surface area contributed by atoms with E-state index in [1.54, 1.807) is 28.4 Å². The third kappa shape index (κ3) is 5.20. The van der Waals surface area contributed by atoms with Crippen molar-refractivity contribution < 1.29 is 18.9 Å². The Morgan fingerprint density at radius 1 is 0.833 bits per heavy atom. The van der Waals surface area contributed by atoms with Crippen LogP contribution >= 0.6 is 0 Å². The van der Waals surface area contributed by atoms with Gasteiger partial charge in [-0.05, 0) is 86.9 Å². The van der Waals surface area contributed by atoms with Crippen LogP contribution in [0.15, 0.2) is 30.3 Å². The second kappa shape index (κ2) is 11.1. The van der Waals surface area contributed by atoms with E-state index in [1.807, 2.05) is 12.1 Å². The van der Waals surface area contributed by atoms with Crippen LogP contribution in [0, 0.1) is 0 Å². The average molecular weight is 414 g/mol. The van der Waals surface area contributed by atoms with Crippen molar-refractivity contribution in [3.05, 3.63) is 47.0 Å². The first kappa shape index (κ1) is 22.3. The molecular formula is C25H35NO4. The molecule has 3 rings (SSSR count). The number of ether oxygens (including phenoxy) is 4. The van der Waals surface area contributed by atoms with Gasteiger partial charge in [0, 0.05) is 5.56 Å². The van der Waals surface area contributed by atoms with Gasteiger partial charge in [0.1, 0.15) is 0 Å². The van der Waals surface area contributed by atoms with Crippen LogP contribution in [-0.4, -0.2) is 41.5 Å². The molecule has 1 unspecified atom stereocenters. The molecule has 1 N–H and O–H groups in total. The Labute approximate surface area is 180 Å². The highest BCUT2D eigenvalue weighted by atomic mass is 16.5. The summed E-state index contributed by atoms with van der Waals surface area (Å²) in [7, 11) is 6.78. The summed E-state index contributed by atoms with van der Waals surface area (Å²) in [4.78, 5) is 0. The number of benzene rings is 2. The standard InChI is InChI=1S/C25H35NO4/c1-27-22-13-9-18(17-24(22)29-3)7-5-15-26-16-6-8-19-10-11-21-20(19)12-14-23(28-2)25(21)30-4/h9,12-14,17,19,26H,5-8,10-11,15-16H2,1-4H3. The predicted octanol–water partition coefficient (Wildman–Crippen LogP) is 4.75. The summed E-state index contributed by atoms with van der Waals surface area (Å²) in [5.74, 6) is 3.98. The minimum Gasteiger partial charge on any atom is -0.493 e. The van der Waals surface area contributed by atoms with Crippen LogP contribution in [-0.2, 0) is 12.8 Å². The molecule has 164 valence electrons. The highest BCUT2D eigenvalue weighted by molar-refractivity contribution is 5.54. The summed E-state index contributed by atoms with van der Waals surface area (Å²) >= 11 is 0. The van der Waals surface area contributed by atoms with Gasteiger partial charge < -0.3 is 24.3 Å². The summed E-state index contributed by atoms with van der Waals surface area (Å²) < 4.78 is 21.7. The molecule has 0 fully saturated rings. The Balaban J connectivity index is 1.37. The molecule has 1 aliphatic carbocycles. The fraction of sp³-hybridized carbons (Fsp3) is 0.520. The largest absolute Gasteiger partial charge is 0.493 e. The molecule has 1 atom stereocenters. The van der Waals surface area contributed by atoms with Gasteiger partial charge in [0.25, 0.3) is 0 Å². The van der Waals surface area contributed by atoms with Crippen LogP contribution in [0.5, 0.6) is 23.0 Å². The number of aryl methyl sites for hydroxylation is 1. The number of nitrogens with one attached hydrogen (secondary N) is 1. The predicted molar refractivity (Wildman–Crippen MR) is 121 cm³/mol. The third-order valence-corrected chi connectivity index (χ3v) is 6.04. The summed E-state index contributed by atoms with van der Waals surface area (Å²) in [6.45, 7) is 2.09. The Bertz CT molecular complexity index is 821. The van der Waals surface area contributed by atoms with Gasteiger partial charge in [-0.3, -0.25) is 0 Å². The Hall–Kier alpha value is -2.40. The zero-order valence-corrected chi connectivity index (χ0v) is 18.8. The molecule has 0 amide bonds. The molecule has 0 bridgehead atoms. The number of methoxy groups -OCH3 is 4. The number of fused-ring (bicyclic) bond motifs is 1. The molecule has 0 saturated heterocycles. The lowest BCUT2D eigenvalue weighted by Gasteiger charge is -2.15. The van der Waals surface area contributed by atoms with Crippen molar-refractivity contribution in [2.24, 2.45) is 0 Å². The van der Waals surface area contributed by atoms with E-state index in [9.17, 15) is 0 Å². The minimum atomic E-state index is 0.633. The van der Waals surface area contributed by atoms with E-state index in [0.29, 0.717) is 5.92 Å². The van der Waals surface area contributed by atoms with Gasteiger partial charge in [-0.2, -0.15) is 0 Å². The van der Waals surface area contributed by atoms with Crippen molar-refractivity contribution in [3.8, 4) is 23.0 Å². The Morgan fingerprint density at radius 3 is 2.30 bits per heavy atom. The average Bonchev–Trinajstić information content (AvgIpc) is 3.20. The van der Waals surface area contributed by atoms with Gasteiger partial charge in [0.15, 0.2) is 23.0 Å². The lowest BCUT2D eigenvalue weighted by atomic mass is 9.96. The lowest BCUT2D eigenvalue weighted by Crippen LogP contribution is -2.17. The van der Waals surface area contributed by atoms with Crippen molar-refractivity contribution in [2.45, 2.75) is 44.4 Å². The van der Waals surface area contributed by atoms with Crippen LogP contribution in [0.25, 0.3) is 0 Å². The minimum absolute atomic E-state index is 0.633. The van der Waals surface area contributed by atoms with E-state index < -0.39 is 0 Å². The third-order valence-electron chi connectivity index (χ3n) is 6.04. The zero-order chi connectivity index (χ0) is 21.3. The molecule has 1 aliphatic rings. The molecule has 30 heavy (non-hydrogen) atoms. The summed E-state index contributed by atoms with van der Waals surface area (Å²) in [6, 6.07) is 10.4. The van der Waals surface area contributed by atoms with E-state index in [4.69, 9.17) is 18.9 Å². The highest BCUT2D eigenvalue weighted by Crippen LogP contribution is 2.44. The van der Waals surface area contributed by atoms with E-state index in [2.05, 4.69) is 23.5 Å². The van der Waals surface area contributed by atoms with Crippen molar-refractivity contribution in [3.63, 3.8) is 0 Å². The second-order valence-corrected chi connectivity index (χ2v) is 7.79. The summed E-state index contributed by atoms with van der Waals surface area (Å²) in [6.07, 6.45) is 6.83. The quantitative estimate of drug-likeness (QED) is 0.509. The summed E-state index contributed by atoms with van der Waals surface area (Å²) in [5, 5.41) is 3.59. The smallest absolute Gasteiger partial charge is 0.164 e. The van der Waals surface area contributed by atoms with Crippen LogP contribution in [0.2, 0.25) is 0 Å². The SMILES string of the molecule is COc1ccc(CCCNCCCC2CCc3c2ccc(OC)c3OC)cc1OC. The van der Waals surface area contributed by atoms with E-state index >= 15 is 0 Å². The lowest BCUT2D eigenvalue weighted by molar-refractivity contribution is 0.352. The first-order valence-electron chi connectivity index (χ1n) is 10.9. The first-order chi connectivity index (χ1) is 14.7. The Kier molecular flexibility index (Phi) is 8.26. The zero-order valence-electron chi connectivity index (χ0n) is 18.8. The van der Waals surface area contributed by atoms with Crippen molar-refractivity contribution in [1.29, 1.82) is 0 Å². The molecule has 2 aromatic carbocycles. The van der Waals surface area contributed by atoms with E-state index in [1.165, 1.54) is 36.0 Å². The molecule has 2 aromatic rings. The van der Waals surface area contributed by atoms with Gasteiger partial charge in [0.05, 0.1) is 28.4 Å². The van der Waals surface area contributed by atoms with E-state index in [-0.39, 0.29) is 0 Å². The summed E-state index contributed by atoms with van der Waals surface area (Å²) in [5.41, 5.74) is 4.06. The van der Waals surface area contributed by atoms with Crippen molar-refractivity contribution in [1.82, 2.24) is 5.32 Å². The van der Waals surface area contributed by atoms with Gasteiger partial charge in [0.2, 0.25) is 0 Å². The maximum Gasteiger partial charge on any atom is 0.164 e. The molecular weight excluding hydrogens is 378 g/mol. The fourth-order valence-corrected chi connectivity index (χ4v) is 4.47. The van der Waals surface area contributed by atoms with Gasteiger partial charge in [-0.25, -0.2) is 0 Å². The molecule has 5 nitrogen and oxygen atoms in total. The maximum atomic E-state index is 5.61. The van der Waals surface area contributed by atoms with Crippen LogP contribution in [0.3, 0.4) is 0 Å². The molecule has 0 heterocycles. The topological polar surface area (TPSA) is 49.0 Å². The fourth-order valence-electron chi connectivity index (χ4n) is 4.47. The number of hydrogen-bond acceptors (Lipinski definition) is 5. The first-order valence-corrected chi connectivity index (χ1v) is 10.9. The number of rotatable bonds is 12. The van der Waals surface area contributed by atoms with Gasteiger partial charge >= 0.3 is 0 Å². The molecule has 0 aliphatic heterocycles. The van der Waals surface area contributed by atoms with Crippen LogP contribution in [0.4, 0.5) is 0 Å². The van der Waals surface area contributed by atoms with Crippen LogP contribution < -0.4 is 24.3 Å².